The Morgan fingerprint density at radius 1 is 1.10 bits per heavy atom. The van der Waals surface area contributed by atoms with Crippen LogP contribution in [0.1, 0.15) is 40.9 Å². The van der Waals surface area contributed by atoms with E-state index in [1.54, 1.807) is 6.92 Å². The van der Waals surface area contributed by atoms with Crippen LogP contribution in [-0.2, 0) is 6.42 Å². The summed E-state index contributed by atoms with van der Waals surface area (Å²) >= 11 is 0. The van der Waals surface area contributed by atoms with Crippen LogP contribution in [0.4, 0.5) is 0 Å². The average Bonchev–Trinajstić information content (AvgIpc) is 2.51. The first-order valence-electron chi connectivity index (χ1n) is 7.39. The van der Waals surface area contributed by atoms with E-state index in [1.807, 2.05) is 56.3 Å². The highest BCUT2D eigenvalue weighted by Gasteiger charge is 2.17. The van der Waals surface area contributed by atoms with Crippen molar-refractivity contribution in [1.82, 2.24) is 0 Å². The van der Waals surface area contributed by atoms with Crippen LogP contribution in [0, 0.1) is 13.8 Å². The van der Waals surface area contributed by atoms with E-state index in [-0.39, 0.29) is 5.78 Å². The highest BCUT2D eigenvalue weighted by Crippen LogP contribution is 2.22. The molecule has 21 heavy (non-hydrogen) atoms. The van der Waals surface area contributed by atoms with Crippen LogP contribution >= 0.6 is 0 Å². The molecule has 0 spiro atoms. The number of carbonyl (C=O) groups is 1. The monoisotopic (exact) mass is 282 g/mol. The summed E-state index contributed by atoms with van der Waals surface area (Å²) in [6, 6.07) is 13.7. The number of ketones is 1. The summed E-state index contributed by atoms with van der Waals surface area (Å²) in [5.41, 5.74) is 4.18. The number of benzene rings is 2. The second-order valence-corrected chi connectivity index (χ2v) is 5.37. The third kappa shape index (κ3) is 3.52. The number of carbonyl (C=O) groups excluding carboxylic acids is 1. The molecule has 1 unspecified atom stereocenters. The van der Waals surface area contributed by atoms with Crippen molar-refractivity contribution in [1.29, 1.82) is 0 Å². The van der Waals surface area contributed by atoms with Crippen LogP contribution in [0.5, 0.6) is 5.75 Å². The van der Waals surface area contributed by atoms with Crippen molar-refractivity contribution in [2.45, 2.75) is 40.2 Å². The summed E-state index contributed by atoms with van der Waals surface area (Å²) in [6.07, 6.45) is 0.487. The molecule has 0 aliphatic carbocycles. The molecule has 0 aliphatic rings. The van der Waals surface area contributed by atoms with Gasteiger partial charge >= 0.3 is 0 Å². The number of Topliss-reactive ketones (excluding diaryl/α,β-unsaturated/α-hetero) is 1. The lowest BCUT2D eigenvalue weighted by molar-refractivity contribution is 0.0817. The van der Waals surface area contributed by atoms with Crippen LogP contribution in [0.25, 0.3) is 0 Å². The number of aryl methyl sites for hydroxylation is 2. The summed E-state index contributed by atoms with van der Waals surface area (Å²) in [5, 5.41) is 0. The van der Waals surface area contributed by atoms with Gasteiger partial charge in [0.25, 0.3) is 0 Å². The summed E-state index contributed by atoms with van der Waals surface area (Å²) in [6.45, 7) is 7.96. The van der Waals surface area contributed by atoms with Crippen molar-refractivity contribution in [2.75, 3.05) is 0 Å². The van der Waals surface area contributed by atoms with Gasteiger partial charge in [-0.25, -0.2) is 0 Å². The standard InChI is InChI=1S/C19H22O2/c1-5-16-9-11-17(12-10-16)19(20)15(4)21-18-8-6-7-13(2)14(18)3/h6-12,15H,5H2,1-4H3. The number of hydrogen-bond acceptors (Lipinski definition) is 2. The van der Waals surface area contributed by atoms with Crippen LogP contribution in [0.3, 0.4) is 0 Å². The number of rotatable bonds is 5. The Hall–Kier alpha value is -2.09. The van der Waals surface area contributed by atoms with Gasteiger partial charge in [0.05, 0.1) is 0 Å². The summed E-state index contributed by atoms with van der Waals surface area (Å²) < 4.78 is 5.85. The van der Waals surface area contributed by atoms with E-state index in [2.05, 4.69) is 6.92 Å². The number of hydrogen-bond donors (Lipinski definition) is 0. The first-order valence-corrected chi connectivity index (χ1v) is 7.39. The molecular formula is C19H22O2. The second-order valence-electron chi connectivity index (χ2n) is 5.37. The topological polar surface area (TPSA) is 26.3 Å². The van der Waals surface area contributed by atoms with E-state index < -0.39 is 6.10 Å². The molecule has 0 saturated heterocycles. The van der Waals surface area contributed by atoms with E-state index in [9.17, 15) is 4.79 Å². The highest BCUT2D eigenvalue weighted by atomic mass is 16.5. The van der Waals surface area contributed by atoms with Crippen LogP contribution in [-0.4, -0.2) is 11.9 Å². The minimum Gasteiger partial charge on any atom is -0.482 e. The summed E-state index contributed by atoms with van der Waals surface area (Å²) in [4.78, 5) is 12.4. The van der Waals surface area contributed by atoms with E-state index in [0.29, 0.717) is 5.56 Å². The maximum absolute atomic E-state index is 12.4. The molecule has 0 bridgehead atoms. The molecule has 0 saturated carbocycles. The van der Waals surface area contributed by atoms with Crippen molar-refractivity contribution < 1.29 is 9.53 Å². The highest BCUT2D eigenvalue weighted by molar-refractivity contribution is 5.99. The van der Waals surface area contributed by atoms with Gasteiger partial charge in [-0.05, 0) is 49.9 Å². The molecule has 2 nitrogen and oxygen atoms in total. The first kappa shape index (κ1) is 15.3. The maximum Gasteiger partial charge on any atom is 0.202 e. The quantitative estimate of drug-likeness (QED) is 0.754. The summed E-state index contributed by atoms with van der Waals surface area (Å²) in [5.74, 6) is 0.791. The Labute approximate surface area is 126 Å². The van der Waals surface area contributed by atoms with Gasteiger partial charge in [-0.3, -0.25) is 4.79 Å². The molecule has 0 aliphatic heterocycles. The molecule has 110 valence electrons. The van der Waals surface area contributed by atoms with Crippen molar-refractivity contribution in [3.05, 3.63) is 64.7 Å². The molecule has 1 atom stereocenters. The SMILES string of the molecule is CCc1ccc(C(=O)C(C)Oc2cccc(C)c2C)cc1. The fourth-order valence-corrected chi connectivity index (χ4v) is 2.24. The molecule has 0 radical (unpaired) electrons. The molecule has 0 amide bonds. The Kier molecular flexibility index (Phi) is 4.79. The molecule has 0 aromatic heterocycles. The van der Waals surface area contributed by atoms with Crippen molar-refractivity contribution in [2.24, 2.45) is 0 Å². The first-order chi connectivity index (χ1) is 10.0. The predicted octanol–water partition coefficient (Wildman–Crippen LogP) is 4.52. The van der Waals surface area contributed by atoms with Crippen molar-refractivity contribution >= 4 is 5.78 Å². The van der Waals surface area contributed by atoms with Crippen LogP contribution in [0.15, 0.2) is 42.5 Å². The minimum atomic E-state index is -0.488. The molecule has 2 rings (SSSR count). The van der Waals surface area contributed by atoms with Gasteiger partial charge in [-0.2, -0.15) is 0 Å². The van der Waals surface area contributed by atoms with Crippen molar-refractivity contribution in [3.8, 4) is 5.75 Å². The molecule has 0 N–H and O–H groups in total. The normalized spacial score (nSPS) is 12.0. The summed E-state index contributed by atoms with van der Waals surface area (Å²) in [7, 11) is 0. The largest absolute Gasteiger partial charge is 0.482 e. The Morgan fingerprint density at radius 2 is 1.76 bits per heavy atom. The van der Waals surface area contributed by atoms with Gasteiger partial charge in [0.1, 0.15) is 5.75 Å². The van der Waals surface area contributed by atoms with E-state index in [4.69, 9.17) is 4.74 Å². The van der Waals surface area contributed by atoms with Gasteiger partial charge in [0.15, 0.2) is 6.10 Å². The lowest BCUT2D eigenvalue weighted by Gasteiger charge is -2.16. The third-order valence-corrected chi connectivity index (χ3v) is 3.87. The van der Waals surface area contributed by atoms with E-state index in [1.165, 1.54) is 11.1 Å². The Morgan fingerprint density at radius 3 is 2.38 bits per heavy atom. The van der Waals surface area contributed by atoms with Gasteiger partial charge < -0.3 is 4.74 Å². The smallest absolute Gasteiger partial charge is 0.202 e. The van der Waals surface area contributed by atoms with Crippen LogP contribution < -0.4 is 4.74 Å². The molecule has 2 heteroatoms. The fraction of sp³-hybridized carbons (Fsp3) is 0.316. The van der Waals surface area contributed by atoms with Gasteiger partial charge in [-0.1, -0.05) is 43.3 Å². The van der Waals surface area contributed by atoms with Gasteiger partial charge in [0.2, 0.25) is 5.78 Å². The lowest BCUT2D eigenvalue weighted by atomic mass is 10.0. The fourth-order valence-electron chi connectivity index (χ4n) is 2.24. The zero-order valence-corrected chi connectivity index (χ0v) is 13.1. The lowest BCUT2D eigenvalue weighted by Crippen LogP contribution is -2.24. The average molecular weight is 282 g/mol. The molecule has 2 aromatic rings. The van der Waals surface area contributed by atoms with Gasteiger partial charge in [-0.15, -0.1) is 0 Å². The van der Waals surface area contributed by atoms with Crippen LogP contribution in [0.2, 0.25) is 0 Å². The maximum atomic E-state index is 12.4. The molecule has 0 fully saturated rings. The Bertz CT molecular complexity index is 627. The number of ether oxygens (including phenoxy) is 1. The molecule has 2 aromatic carbocycles. The minimum absolute atomic E-state index is 0.0126. The predicted molar refractivity (Wildman–Crippen MR) is 86.2 cm³/mol. The Balaban J connectivity index is 2.13. The zero-order valence-electron chi connectivity index (χ0n) is 13.1. The van der Waals surface area contributed by atoms with Crippen molar-refractivity contribution in [3.63, 3.8) is 0 Å². The molecule has 0 heterocycles. The second kappa shape index (κ2) is 6.57. The third-order valence-electron chi connectivity index (χ3n) is 3.87. The van der Waals surface area contributed by atoms with E-state index >= 15 is 0 Å². The van der Waals surface area contributed by atoms with E-state index in [0.717, 1.165) is 17.7 Å². The van der Waals surface area contributed by atoms with Gasteiger partial charge in [0, 0.05) is 5.56 Å². The molecular weight excluding hydrogens is 260 g/mol. The zero-order chi connectivity index (χ0) is 15.4.